The molecule has 0 bridgehead atoms. The minimum Gasteiger partial charge on any atom is -0.493 e. The molecule has 7 nitrogen and oxygen atoms in total. The minimum atomic E-state index is 0.111. The van der Waals surface area contributed by atoms with Gasteiger partial charge in [-0.05, 0) is 43.5 Å². The largest absolute Gasteiger partial charge is 0.493 e. The van der Waals surface area contributed by atoms with Crippen molar-refractivity contribution in [3.63, 3.8) is 0 Å². The van der Waals surface area contributed by atoms with Crippen LogP contribution in [0.2, 0.25) is 0 Å². The standard InChI is InChI=1S/C25H37N5O2/c1-5-26-25(29-20(4)21-8-10-23(11-9-21)32-18-19(2)3)28-17-22-7-6-12-27-24(22)30-13-15-31-16-14-30/h6-12,19-20H,5,13-18H2,1-4H3,(H2,26,28,29). The second-order valence-corrected chi connectivity index (χ2v) is 8.42. The van der Waals surface area contributed by atoms with E-state index < -0.39 is 0 Å². The molecule has 32 heavy (non-hydrogen) atoms. The highest BCUT2D eigenvalue weighted by Gasteiger charge is 2.16. The van der Waals surface area contributed by atoms with Gasteiger partial charge in [-0.25, -0.2) is 9.98 Å². The van der Waals surface area contributed by atoms with E-state index in [1.807, 2.05) is 24.4 Å². The molecule has 0 saturated carbocycles. The van der Waals surface area contributed by atoms with Crippen molar-refractivity contribution in [1.29, 1.82) is 0 Å². The van der Waals surface area contributed by atoms with Gasteiger partial charge in [0.05, 0.1) is 32.4 Å². The van der Waals surface area contributed by atoms with Crippen LogP contribution in [-0.2, 0) is 11.3 Å². The quantitative estimate of drug-likeness (QED) is 0.458. The first-order chi connectivity index (χ1) is 15.6. The molecule has 1 atom stereocenters. The zero-order valence-electron chi connectivity index (χ0n) is 19.8. The number of nitrogens with one attached hydrogen (secondary N) is 2. The molecule has 2 N–H and O–H groups in total. The maximum atomic E-state index is 5.80. The van der Waals surface area contributed by atoms with Gasteiger partial charge in [0.2, 0.25) is 0 Å². The van der Waals surface area contributed by atoms with Crippen LogP contribution in [0.3, 0.4) is 0 Å². The molecule has 1 aromatic carbocycles. The zero-order chi connectivity index (χ0) is 22.8. The Morgan fingerprint density at radius 1 is 1.16 bits per heavy atom. The third-order valence-electron chi connectivity index (χ3n) is 5.25. The number of rotatable bonds is 9. The number of aromatic nitrogens is 1. The van der Waals surface area contributed by atoms with Crippen molar-refractivity contribution in [2.24, 2.45) is 10.9 Å². The molecule has 2 aromatic rings. The molecule has 7 heteroatoms. The number of nitrogens with zero attached hydrogens (tertiary/aromatic N) is 3. The molecule has 3 rings (SSSR count). The van der Waals surface area contributed by atoms with Crippen LogP contribution in [0.15, 0.2) is 47.6 Å². The van der Waals surface area contributed by atoms with Crippen molar-refractivity contribution in [2.45, 2.75) is 40.3 Å². The maximum Gasteiger partial charge on any atom is 0.192 e. The molecule has 0 amide bonds. The van der Waals surface area contributed by atoms with E-state index in [1.165, 1.54) is 5.56 Å². The Bertz CT molecular complexity index is 848. The fourth-order valence-corrected chi connectivity index (χ4v) is 3.50. The molecule has 0 aliphatic carbocycles. The molecule has 1 aliphatic rings. The van der Waals surface area contributed by atoms with E-state index in [2.05, 4.69) is 66.4 Å². The normalized spacial score (nSPS) is 15.5. The third kappa shape index (κ3) is 7.12. The molecule has 0 spiro atoms. The van der Waals surface area contributed by atoms with Crippen LogP contribution in [0, 0.1) is 5.92 Å². The molecule has 1 aromatic heterocycles. The first-order valence-electron chi connectivity index (χ1n) is 11.6. The molecule has 1 aliphatic heterocycles. The highest BCUT2D eigenvalue weighted by atomic mass is 16.5. The Hall–Kier alpha value is -2.80. The summed E-state index contributed by atoms with van der Waals surface area (Å²) in [4.78, 5) is 11.7. The highest BCUT2D eigenvalue weighted by Crippen LogP contribution is 2.20. The van der Waals surface area contributed by atoms with Crippen molar-refractivity contribution in [3.05, 3.63) is 53.7 Å². The van der Waals surface area contributed by atoms with Crippen molar-refractivity contribution in [1.82, 2.24) is 15.6 Å². The summed E-state index contributed by atoms with van der Waals surface area (Å²) in [6.45, 7) is 13.8. The second-order valence-electron chi connectivity index (χ2n) is 8.42. The van der Waals surface area contributed by atoms with E-state index in [0.717, 1.165) is 62.5 Å². The fourth-order valence-electron chi connectivity index (χ4n) is 3.50. The molecule has 0 radical (unpaired) electrons. The van der Waals surface area contributed by atoms with Gasteiger partial charge in [-0.15, -0.1) is 0 Å². The van der Waals surface area contributed by atoms with Gasteiger partial charge in [0, 0.05) is 31.4 Å². The Balaban J connectivity index is 1.65. The van der Waals surface area contributed by atoms with E-state index >= 15 is 0 Å². The van der Waals surface area contributed by atoms with Crippen molar-refractivity contribution < 1.29 is 9.47 Å². The number of aliphatic imine (C=N–C) groups is 1. The lowest BCUT2D eigenvalue weighted by Gasteiger charge is -2.29. The summed E-state index contributed by atoms with van der Waals surface area (Å²) in [5.74, 6) is 3.21. The molecule has 174 valence electrons. The number of ether oxygens (including phenoxy) is 2. The summed E-state index contributed by atoms with van der Waals surface area (Å²) in [6, 6.07) is 12.5. The Labute approximate surface area is 192 Å². The number of guanidine groups is 1. The summed E-state index contributed by atoms with van der Waals surface area (Å²) in [5.41, 5.74) is 2.30. The molecule has 1 fully saturated rings. The van der Waals surface area contributed by atoms with Gasteiger partial charge in [-0.3, -0.25) is 0 Å². The van der Waals surface area contributed by atoms with Gasteiger partial charge in [0.1, 0.15) is 11.6 Å². The number of hydrogen-bond acceptors (Lipinski definition) is 5. The number of anilines is 1. The van der Waals surface area contributed by atoms with Gasteiger partial charge >= 0.3 is 0 Å². The van der Waals surface area contributed by atoms with Crippen LogP contribution < -0.4 is 20.3 Å². The summed E-state index contributed by atoms with van der Waals surface area (Å²) in [7, 11) is 0. The van der Waals surface area contributed by atoms with Crippen molar-refractivity contribution >= 4 is 11.8 Å². The van der Waals surface area contributed by atoms with Gasteiger partial charge in [0.15, 0.2) is 5.96 Å². The predicted molar refractivity (Wildman–Crippen MR) is 130 cm³/mol. The molecule has 1 saturated heterocycles. The first-order valence-corrected chi connectivity index (χ1v) is 11.6. The number of morpholine rings is 1. The predicted octanol–water partition coefficient (Wildman–Crippen LogP) is 3.77. The van der Waals surface area contributed by atoms with E-state index in [0.29, 0.717) is 12.5 Å². The number of benzene rings is 1. The molecular weight excluding hydrogens is 402 g/mol. The van der Waals surface area contributed by atoms with Crippen molar-refractivity contribution in [2.75, 3.05) is 44.4 Å². The zero-order valence-corrected chi connectivity index (χ0v) is 19.8. The van der Waals surface area contributed by atoms with Crippen molar-refractivity contribution in [3.8, 4) is 5.75 Å². The van der Waals surface area contributed by atoms with Crippen LogP contribution in [0.4, 0.5) is 5.82 Å². The molecular formula is C25H37N5O2. The molecule has 2 heterocycles. The van der Waals surface area contributed by atoms with Gasteiger partial charge in [-0.1, -0.05) is 32.0 Å². The Morgan fingerprint density at radius 3 is 2.59 bits per heavy atom. The van der Waals surface area contributed by atoms with Crippen LogP contribution in [0.5, 0.6) is 5.75 Å². The van der Waals surface area contributed by atoms with Gasteiger partial charge in [-0.2, -0.15) is 0 Å². The number of pyridine rings is 1. The maximum absolute atomic E-state index is 5.80. The lowest BCUT2D eigenvalue weighted by Crippen LogP contribution is -2.39. The number of hydrogen-bond donors (Lipinski definition) is 2. The second kappa shape index (κ2) is 12.3. The lowest BCUT2D eigenvalue weighted by atomic mass is 10.1. The van der Waals surface area contributed by atoms with Crippen LogP contribution in [-0.4, -0.2) is 50.4 Å². The van der Waals surface area contributed by atoms with E-state index in [9.17, 15) is 0 Å². The average molecular weight is 440 g/mol. The Kier molecular flexibility index (Phi) is 9.16. The SMILES string of the molecule is CCNC(=NCc1cccnc1N1CCOCC1)NC(C)c1ccc(OCC(C)C)cc1. The molecule has 1 unspecified atom stereocenters. The summed E-state index contributed by atoms with van der Waals surface area (Å²) in [6.07, 6.45) is 1.85. The lowest BCUT2D eigenvalue weighted by molar-refractivity contribution is 0.122. The van der Waals surface area contributed by atoms with E-state index in [1.54, 1.807) is 0 Å². The summed E-state index contributed by atoms with van der Waals surface area (Å²) < 4.78 is 11.3. The Morgan fingerprint density at radius 2 is 1.91 bits per heavy atom. The fraction of sp³-hybridized carbons (Fsp3) is 0.520. The minimum absolute atomic E-state index is 0.111. The van der Waals surface area contributed by atoms with Gasteiger partial charge < -0.3 is 25.0 Å². The van der Waals surface area contributed by atoms with Crippen LogP contribution in [0.25, 0.3) is 0 Å². The highest BCUT2D eigenvalue weighted by molar-refractivity contribution is 5.80. The average Bonchev–Trinajstić information content (AvgIpc) is 2.82. The topological polar surface area (TPSA) is 71.0 Å². The summed E-state index contributed by atoms with van der Waals surface area (Å²) in [5, 5.41) is 6.87. The van der Waals surface area contributed by atoms with E-state index in [4.69, 9.17) is 14.5 Å². The smallest absolute Gasteiger partial charge is 0.192 e. The first kappa shape index (κ1) is 23.9. The van der Waals surface area contributed by atoms with E-state index in [-0.39, 0.29) is 6.04 Å². The van der Waals surface area contributed by atoms with Crippen LogP contribution >= 0.6 is 0 Å². The third-order valence-corrected chi connectivity index (χ3v) is 5.25. The summed E-state index contributed by atoms with van der Waals surface area (Å²) >= 11 is 0. The van der Waals surface area contributed by atoms with Gasteiger partial charge in [0.25, 0.3) is 0 Å². The van der Waals surface area contributed by atoms with Crippen LogP contribution in [0.1, 0.15) is 44.9 Å². The monoisotopic (exact) mass is 439 g/mol.